The number of β-amino-alcohol motifs (C(OH)–C–C–N with tert-alkyl or cyclic N) is 1. The Morgan fingerprint density at radius 2 is 2.45 bits per heavy atom. The highest BCUT2D eigenvalue weighted by Gasteiger charge is 2.40. The molecule has 1 atom stereocenters. The van der Waals surface area contributed by atoms with Gasteiger partial charge in [-0.3, -0.25) is 4.79 Å². The monoisotopic (exact) mass is 340 g/mol. The molecule has 2 aromatic heterocycles. The number of furan rings is 1. The number of rotatable bonds is 3. The highest BCUT2D eigenvalue weighted by Crippen LogP contribution is 2.27. The molecule has 3 heterocycles. The molecule has 1 amide bonds. The molecule has 8 heteroatoms. The van der Waals surface area contributed by atoms with E-state index in [1.54, 1.807) is 28.0 Å². The van der Waals surface area contributed by atoms with Crippen molar-refractivity contribution in [1.29, 1.82) is 0 Å². The molecule has 1 aliphatic rings. The zero-order valence-corrected chi connectivity index (χ0v) is 12.2. The summed E-state index contributed by atoms with van der Waals surface area (Å²) in [6, 6.07) is 1.67. The van der Waals surface area contributed by atoms with Crippen molar-refractivity contribution in [3.8, 4) is 0 Å². The Morgan fingerprint density at radius 3 is 3.10 bits per heavy atom. The van der Waals surface area contributed by atoms with Crippen molar-refractivity contribution in [2.75, 3.05) is 13.1 Å². The van der Waals surface area contributed by atoms with E-state index in [-0.39, 0.29) is 18.2 Å². The summed E-state index contributed by atoms with van der Waals surface area (Å²) in [7, 11) is 0. The molecule has 3 rings (SSSR count). The number of hydrogen-bond donors (Lipinski definition) is 1. The van der Waals surface area contributed by atoms with Gasteiger partial charge in [0, 0.05) is 12.7 Å². The molecule has 0 aliphatic carbocycles. The van der Waals surface area contributed by atoms with Gasteiger partial charge in [-0.2, -0.15) is 0 Å². The first kappa shape index (κ1) is 13.3. The summed E-state index contributed by atoms with van der Waals surface area (Å²) in [4.78, 5) is 13.9. The van der Waals surface area contributed by atoms with Gasteiger partial charge in [-0.15, -0.1) is 5.10 Å². The number of nitrogens with zero attached hydrogens (tertiary/aromatic N) is 4. The highest BCUT2D eigenvalue weighted by atomic mass is 79.9. The molecule has 1 aliphatic heterocycles. The molecule has 0 aromatic carbocycles. The van der Waals surface area contributed by atoms with Crippen LogP contribution in [0.1, 0.15) is 17.0 Å². The lowest BCUT2D eigenvalue weighted by Gasteiger charge is -2.22. The van der Waals surface area contributed by atoms with Crippen LogP contribution in [-0.4, -0.2) is 49.6 Å². The summed E-state index contributed by atoms with van der Waals surface area (Å²) in [6.07, 6.45) is 5.19. The number of carbonyl (C=O) groups is 1. The zero-order chi connectivity index (χ0) is 14.2. The maximum absolute atomic E-state index is 12.3. The maximum Gasteiger partial charge on any atom is 0.290 e. The fourth-order valence-corrected chi connectivity index (χ4v) is 2.74. The molecule has 0 spiro atoms. The second kappa shape index (κ2) is 5.02. The lowest BCUT2D eigenvalue weighted by Crippen LogP contribution is -2.39. The minimum atomic E-state index is -0.984. The molecule has 0 saturated carbocycles. The molecule has 1 fully saturated rings. The lowest BCUT2D eigenvalue weighted by atomic mass is 10.0. The fourth-order valence-electron chi connectivity index (χ4n) is 2.37. The van der Waals surface area contributed by atoms with E-state index in [0.717, 1.165) is 0 Å². The molecule has 106 valence electrons. The molecule has 1 unspecified atom stereocenters. The number of aromatic nitrogens is 3. The summed E-state index contributed by atoms with van der Waals surface area (Å²) in [5.41, 5.74) is -0.984. The summed E-state index contributed by atoms with van der Waals surface area (Å²) in [6.45, 7) is 1.05. The third-order valence-electron chi connectivity index (χ3n) is 3.36. The Morgan fingerprint density at radius 1 is 1.60 bits per heavy atom. The van der Waals surface area contributed by atoms with Crippen molar-refractivity contribution in [3.05, 3.63) is 35.0 Å². The van der Waals surface area contributed by atoms with Crippen molar-refractivity contribution in [1.82, 2.24) is 19.9 Å². The van der Waals surface area contributed by atoms with Crippen molar-refractivity contribution < 1.29 is 14.3 Å². The van der Waals surface area contributed by atoms with Crippen LogP contribution in [0.25, 0.3) is 0 Å². The SMILES string of the molecule is O=C(c1occc1Br)N1CCC(O)(Cn2ccnn2)C1. The lowest BCUT2D eigenvalue weighted by molar-refractivity contribution is 0.0261. The minimum absolute atomic E-state index is 0.226. The van der Waals surface area contributed by atoms with Crippen molar-refractivity contribution in [2.45, 2.75) is 18.6 Å². The number of aliphatic hydroxyl groups is 1. The van der Waals surface area contributed by atoms with Gasteiger partial charge in [0.1, 0.15) is 5.60 Å². The second-order valence-corrected chi connectivity index (χ2v) is 5.75. The van der Waals surface area contributed by atoms with Gasteiger partial charge in [-0.25, -0.2) is 4.68 Å². The van der Waals surface area contributed by atoms with Crippen LogP contribution in [0.15, 0.2) is 33.6 Å². The van der Waals surface area contributed by atoms with Gasteiger partial charge < -0.3 is 14.4 Å². The smallest absolute Gasteiger partial charge is 0.290 e. The number of hydrogen-bond acceptors (Lipinski definition) is 5. The van der Waals surface area contributed by atoms with E-state index in [0.29, 0.717) is 24.0 Å². The molecule has 1 saturated heterocycles. The van der Waals surface area contributed by atoms with Crippen LogP contribution in [-0.2, 0) is 6.54 Å². The fraction of sp³-hybridized carbons (Fsp3) is 0.417. The topological polar surface area (TPSA) is 84.4 Å². The van der Waals surface area contributed by atoms with Crippen molar-refractivity contribution in [2.24, 2.45) is 0 Å². The van der Waals surface area contributed by atoms with Crippen LogP contribution < -0.4 is 0 Å². The Balaban J connectivity index is 1.70. The summed E-state index contributed by atoms with van der Waals surface area (Å²) in [5.74, 6) is 0.0337. The van der Waals surface area contributed by atoms with E-state index in [9.17, 15) is 9.90 Å². The quantitative estimate of drug-likeness (QED) is 0.897. The number of carbonyl (C=O) groups excluding carboxylic acids is 1. The normalized spacial score (nSPS) is 22.4. The third kappa shape index (κ3) is 2.48. The van der Waals surface area contributed by atoms with Gasteiger partial charge in [-0.05, 0) is 28.4 Å². The summed E-state index contributed by atoms with van der Waals surface area (Å²) < 4.78 is 7.35. The second-order valence-electron chi connectivity index (χ2n) is 4.90. The van der Waals surface area contributed by atoms with E-state index in [2.05, 4.69) is 26.2 Å². The van der Waals surface area contributed by atoms with E-state index < -0.39 is 5.60 Å². The van der Waals surface area contributed by atoms with E-state index in [1.165, 1.54) is 6.26 Å². The molecule has 7 nitrogen and oxygen atoms in total. The van der Waals surface area contributed by atoms with Crippen LogP contribution in [0.2, 0.25) is 0 Å². The predicted molar refractivity (Wildman–Crippen MR) is 71.9 cm³/mol. The maximum atomic E-state index is 12.3. The van der Waals surface area contributed by atoms with Crippen molar-refractivity contribution >= 4 is 21.8 Å². The Kier molecular flexibility index (Phi) is 3.35. The molecule has 2 aromatic rings. The van der Waals surface area contributed by atoms with Gasteiger partial charge >= 0.3 is 0 Å². The molecule has 1 N–H and O–H groups in total. The largest absolute Gasteiger partial charge is 0.458 e. The van der Waals surface area contributed by atoms with Crippen molar-refractivity contribution in [3.63, 3.8) is 0 Å². The van der Waals surface area contributed by atoms with Crippen LogP contribution in [0.5, 0.6) is 0 Å². The molecular formula is C12H13BrN4O3. The van der Waals surface area contributed by atoms with Gasteiger partial charge in [0.25, 0.3) is 5.91 Å². The molecule has 0 radical (unpaired) electrons. The third-order valence-corrected chi connectivity index (χ3v) is 3.98. The Bertz CT molecular complexity index is 612. The first-order chi connectivity index (χ1) is 9.57. The average molecular weight is 341 g/mol. The van der Waals surface area contributed by atoms with Gasteiger partial charge in [0.15, 0.2) is 0 Å². The molecule has 20 heavy (non-hydrogen) atoms. The Labute approximate surface area is 123 Å². The first-order valence-electron chi connectivity index (χ1n) is 6.16. The van der Waals surface area contributed by atoms with Crippen LogP contribution in [0.3, 0.4) is 0 Å². The number of amides is 1. The molecule has 0 bridgehead atoms. The predicted octanol–water partition coefficient (Wildman–Crippen LogP) is 0.911. The van der Waals surface area contributed by atoms with Gasteiger partial charge in [-0.1, -0.05) is 5.21 Å². The highest BCUT2D eigenvalue weighted by molar-refractivity contribution is 9.10. The van der Waals surface area contributed by atoms with Gasteiger partial charge in [0.05, 0.1) is 30.0 Å². The first-order valence-corrected chi connectivity index (χ1v) is 6.95. The standard InChI is InChI=1S/C12H13BrN4O3/c13-9-1-6-20-10(9)11(18)16-4-2-12(19,7-16)8-17-5-3-14-15-17/h1,3,5-6,19H,2,4,7-8H2. The van der Waals surface area contributed by atoms with Crippen LogP contribution in [0, 0.1) is 0 Å². The minimum Gasteiger partial charge on any atom is -0.458 e. The van der Waals surface area contributed by atoms with Gasteiger partial charge in [0.2, 0.25) is 5.76 Å². The zero-order valence-electron chi connectivity index (χ0n) is 10.6. The van der Waals surface area contributed by atoms with Crippen LogP contribution >= 0.6 is 15.9 Å². The van der Waals surface area contributed by atoms with E-state index >= 15 is 0 Å². The number of halogens is 1. The van der Waals surface area contributed by atoms with E-state index in [1.807, 2.05) is 0 Å². The Hall–Kier alpha value is -1.67. The summed E-state index contributed by atoms with van der Waals surface area (Å²) >= 11 is 3.26. The number of likely N-dealkylation sites (tertiary alicyclic amines) is 1. The van der Waals surface area contributed by atoms with Crippen LogP contribution in [0.4, 0.5) is 0 Å². The van der Waals surface area contributed by atoms with E-state index in [4.69, 9.17) is 4.42 Å². The summed E-state index contributed by atoms with van der Waals surface area (Å²) in [5, 5.41) is 18.1. The molecular weight excluding hydrogens is 328 g/mol. The average Bonchev–Trinajstić information content (AvgIpc) is 3.11.